The van der Waals surface area contributed by atoms with Crippen molar-refractivity contribution in [2.75, 3.05) is 30.9 Å². The third-order valence-corrected chi connectivity index (χ3v) is 3.56. The molecule has 1 aliphatic carbocycles. The van der Waals surface area contributed by atoms with E-state index < -0.39 is 0 Å². The van der Waals surface area contributed by atoms with E-state index in [0.29, 0.717) is 12.6 Å². The maximum absolute atomic E-state index is 11.8. The number of anilines is 2. The van der Waals surface area contributed by atoms with Gasteiger partial charge in [0.2, 0.25) is 5.91 Å². The van der Waals surface area contributed by atoms with Crippen molar-refractivity contribution >= 4 is 17.3 Å². The number of carbonyl (C=O) groups is 1. The molecular weight excluding hydrogens is 238 g/mol. The molecular formula is C15H23N3O. The first kappa shape index (κ1) is 13.7. The first-order chi connectivity index (χ1) is 9.15. The summed E-state index contributed by atoms with van der Waals surface area (Å²) in [5.74, 6) is 0.0867. The van der Waals surface area contributed by atoms with Crippen molar-refractivity contribution in [2.24, 2.45) is 0 Å². The summed E-state index contributed by atoms with van der Waals surface area (Å²) >= 11 is 0. The van der Waals surface area contributed by atoms with Crippen LogP contribution in [-0.4, -0.2) is 32.6 Å². The molecule has 0 spiro atoms. The SMILES string of the molecule is CN(C)c1ccc(NCC(=O)NC2CCCC2)cc1. The summed E-state index contributed by atoms with van der Waals surface area (Å²) in [6.45, 7) is 0.345. The molecule has 4 heteroatoms. The summed E-state index contributed by atoms with van der Waals surface area (Å²) in [7, 11) is 4.02. The number of hydrogen-bond acceptors (Lipinski definition) is 3. The lowest BCUT2D eigenvalue weighted by atomic mass is 10.2. The second-order valence-electron chi connectivity index (χ2n) is 5.34. The number of nitrogens with zero attached hydrogens (tertiary/aromatic N) is 1. The van der Waals surface area contributed by atoms with E-state index in [9.17, 15) is 4.79 Å². The van der Waals surface area contributed by atoms with Gasteiger partial charge in [0.25, 0.3) is 0 Å². The summed E-state index contributed by atoms with van der Waals surface area (Å²) in [6, 6.07) is 8.47. The van der Waals surface area contributed by atoms with E-state index in [-0.39, 0.29) is 5.91 Å². The van der Waals surface area contributed by atoms with Gasteiger partial charge in [-0.3, -0.25) is 4.79 Å². The molecule has 0 radical (unpaired) electrons. The lowest BCUT2D eigenvalue weighted by molar-refractivity contribution is -0.120. The van der Waals surface area contributed by atoms with Gasteiger partial charge in [-0.2, -0.15) is 0 Å². The zero-order valence-corrected chi connectivity index (χ0v) is 11.8. The first-order valence-corrected chi connectivity index (χ1v) is 6.96. The van der Waals surface area contributed by atoms with E-state index in [1.807, 2.05) is 38.4 Å². The van der Waals surface area contributed by atoms with E-state index in [1.165, 1.54) is 12.8 Å². The van der Waals surface area contributed by atoms with Gasteiger partial charge in [-0.1, -0.05) is 12.8 Å². The third-order valence-electron chi connectivity index (χ3n) is 3.56. The Labute approximate surface area is 115 Å². The molecule has 19 heavy (non-hydrogen) atoms. The number of amides is 1. The van der Waals surface area contributed by atoms with E-state index in [4.69, 9.17) is 0 Å². The minimum atomic E-state index is 0.0867. The van der Waals surface area contributed by atoms with Crippen molar-refractivity contribution in [3.63, 3.8) is 0 Å². The van der Waals surface area contributed by atoms with Crippen molar-refractivity contribution in [3.05, 3.63) is 24.3 Å². The van der Waals surface area contributed by atoms with Crippen LogP contribution >= 0.6 is 0 Å². The zero-order valence-electron chi connectivity index (χ0n) is 11.8. The Morgan fingerprint density at radius 2 is 1.84 bits per heavy atom. The molecule has 2 N–H and O–H groups in total. The second-order valence-corrected chi connectivity index (χ2v) is 5.34. The molecule has 1 amide bonds. The maximum atomic E-state index is 11.8. The van der Waals surface area contributed by atoms with Crippen molar-refractivity contribution in [3.8, 4) is 0 Å². The molecule has 0 aliphatic heterocycles. The summed E-state index contributed by atoms with van der Waals surface area (Å²) in [4.78, 5) is 13.8. The molecule has 1 aliphatic rings. The van der Waals surface area contributed by atoms with Crippen LogP contribution in [0, 0.1) is 0 Å². The van der Waals surface area contributed by atoms with Gasteiger partial charge in [-0.25, -0.2) is 0 Å². The minimum Gasteiger partial charge on any atom is -0.378 e. The summed E-state index contributed by atoms with van der Waals surface area (Å²) in [6.07, 6.45) is 4.74. The van der Waals surface area contributed by atoms with Gasteiger partial charge in [0.05, 0.1) is 6.54 Å². The summed E-state index contributed by atoms with van der Waals surface area (Å²) in [5.41, 5.74) is 2.13. The lowest BCUT2D eigenvalue weighted by Crippen LogP contribution is -2.36. The fourth-order valence-corrected chi connectivity index (χ4v) is 2.41. The standard InChI is InChI=1S/C15H23N3O/c1-18(2)14-9-7-12(8-10-14)16-11-15(19)17-13-5-3-4-6-13/h7-10,13,16H,3-6,11H2,1-2H3,(H,17,19). The van der Waals surface area contributed by atoms with Gasteiger partial charge in [-0.05, 0) is 37.1 Å². The normalized spacial score (nSPS) is 15.3. The average molecular weight is 261 g/mol. The van der Waals surface area contributed by atoms with E-state index in [1.54, 1.807) is 0 Å². The highest BCUT2D eigenvalue weighted by atomic mass is 16.1. The molecule has 0 atom stereocenters. The van der Waals surface area contributed by atoms with Crippen molar-refractivity contribution in [1.29, 1.82) is 0 Å². The third kappa shape index (κ3) is 4.16. The number of hydrogen-bond donors (Lipinski definition) is 2. The Balaban J connectivity index is 1.76. The van der Waals surface area contributed by atoms with Crippen LogP contribution in [0.1, 0.15) is 25.7 Å². The Bertz CT molecular complexity index is 408. The van der Waals surface area contributed by atoms with Gasteiger partial charge in [-0.15, -0.1) is 0 Å². The fraction of sp³-hybridized carbons (Fsp3) is 0.533. The van der Waals surface area contributed by atoms with Crippen molar-refractivity contribution < 1.29 is 4.79 Å². The highest BCUT2D eigenvalue weighted by molar-refractivity contribution is 5.81. The van der Waals surface area contributed by atoms with Crippen LogP contribution in [0.2, 0.25) is 0 Å². The topological polar surface area (TPSA) is 44.4 Å². The van der Waals surface area contributed by atoms with Crippen LogP contribution in [0.5, 0.6) is 0 Å². The van der Waals surface area contributed by atoms with Gasteiger partial charge in [0, 0.05) is 31.5 Å². The first-order valence-electron chi connectivity index (χ1n) is 6.96. The predicted octanol–water partition coefficient (Wildman–Crippen LogP) is 2.22. The number of benzene rings is 1. The van der Waals surface area contributed by atoms with Crippen molar-refractivity contribution in [2.45, 2.75) is 31.7 Å². The molecule has 1 fully saturated rings. The minimum absolute atomic E-state index is 0.0867. The molecule has 0 heterocycles. The molecule has 4 nitrogen and oxygen atoms in total. The van der Waals surface area contributed by atoms with E-state index >= 15 is 0 Å². The smallest absolute Gasteiger partial charge is 0.239 e. The molecule has 1 saturated carbocycles. The molecule has 0 bridgehead atoms. The van der Waals surface area contributed by atoms with Crippen molar-refractivity contribution in [1.82, 2.24) is 5.32 Å². The molecule has 1 aromatic rings. The Hall–Kier alpha value is -1.71. The monoisotopic (exact) mass is 261 g/mol. The average Bonchev–Trinajstić information content (AvgIpc) is 2.89. The Morgan fingerprint density at radius 1 is 1.21 bits per heavy atom. The molecule has 0 unspecified atom stereocenters. The predicted molar refractivity (Wildman–Crippen MR) is 79.7 cm³/mol. The molecule has 1 aromatic carbocycles. The Kier molecular flexibility index (Phi) is 4.66. The number of rotatable bonds is 5. The van der Waals surface area contributed by atoms with Crippen LogP contribution in [0.4, 0.5) is 11.4 Å². The van der Waals surface area contributed by atoms with Crippen LogP contribution < -0.4 is 15.5 Å². The molecule has 0 aromatic heterocycles. The zero-order chi connectivity index (χ0) is 13.7. The van der Waals surface area contributed by atoms with E-state index in [2.05, 4.69) is 15.5 Å². The van der Waals surface area contributed by atoms with Crippen LogP contribution in [-0.2, 0) is 4.79 Å². The van der Waals surface area contributed by atoms with Gasteiger partial charge in [0.15, 0.2) is 0 Å². The molecule has 2 rings (SSSR count). The molecule has 104 valence electrons. The largest absolute Gasteiger partial charge is 0.378 e. The van der Waals surface area contributed by atoms with Gasteiger partial charge < -0.3 is 15.5 Å². The maximum Gasteiger partial charge on any atom is 0.239 e. The highest BCUT2D eigenvalue weighted by Crippen LogP contribution is 2.18. The summed E-state index contributed by atoms with van der Waals surface area (Å²) < 4.78 is 0. The quantitative estimate of drug-likeness (QED) is 0.854. The van der Waals surface area contributed by atoms with Crippen LogP contribution in [0.15, 0.2) is 24.3 Å². The Morgan fingerprint density at radius 3 is 2.42 bits per heavy atom. The number of carbonyl (C=O) groups excluding carboxylic acids is 1. The van der Waals surface area contributed by atoms with Crippen LogP contribution in [0.3, 0.4) is 0 Å². The highest BCUT2D eigenvalue weighted by Gasteiger charge is 2.16. The van der Waals surface area contributed by atoms with Gasteiger partial charge in [0.1, 0.15) is 0 Å². The second kappa shape index (κ2) is 6.45. The number of nitrogens with one attached hydrogen (secondary N) is 2. The van der Waals surface area contributed by atoms with Gasteiger partial charge >= 0.3 is 0 Å². The molecule has 0 saturated heterocycles. The fourth-order valence-electron chi connectivity index (χ4n) is 2.41. The van der Waals surface area contributed by atoms with Crippen LogP contribution in [0.25, 0.3) is 0 Å². The summed E-state index contributed by atoms with van der Waals surface area (Å²) in [5, 5.41) is 6.22. The lowest BCUT2D eigenvalue weighted by Gasteiger charge is -2.14. The van der Waals surface area contributed by atoms with E-state index in [0.717, 1.165) is 24.2 Å².